The number of amides is 2. The highest BCUT2D eigenvalue weighted by Crippen LogP contribution is 2.36. The summed E-state index contributed by atoms with van der Waals surface area (Å²) in [7, 11) is 0. The summed E-state index contributed by atoms with van der Waals surface area (Å²) in [6.07, 6.45) is 5.11. The molecule has 0 radical (unpaired) electrons. The average Bonchev–Trinajstić information content (AvgIpc) is 2.75. The average molecular weight is 226 g/mol. The third-order valence-corrected chi connectivity index (χ3v) is 3.78. The van der Waals surface area contributed by atoms with Crippen molar-refractivity contribution in [2.45, 2.75) is 32.6 Å². The minimum absolute atomic E-state index is 0.0800. The Morgan fingerprint density at radius 2 is 1.94 bits per heavy atom. The Morgan fingerprint density at radius 1 is 1.31 bits per heavy atom. The number of morpholine rings is 1. The Kier molecular flexibility index (Phi) is 3.69. The molecular weight excluding hydrogens is 204 g/mol. The highest BCUT2D eigenvalue weighted by Gasteiger charge is 2.29. The fourth-order valence-corrected chi connectivity index (χ4v) is 2.57. The van der Waals surface area contributed by atoms with Crippen molar-refractivity contribution >= 4 is 6.03 Å². The van der Waals surface area contributed by atoms with Crippen molar-refractivity contribution in [2.24, 2.45) is 5.41 Å². The van der Waals surface area contributed by atoms with Crippen LogP contribution in [-0.4, -0.2) is 43.8 Å². The summed E-state index contributed by atoms with van der Waals surface area (Å²) < 4.78 is 5.23. The molecule has 1 N–H and O–H groups in total. The van der Waals surface area contributed by atoms with Gasteiger partial charge >= 0.3 is 6.03 Å². The number of nitrogens with one attached hydrogen (secondary N) is 1. The molecular formula is C12H22N2O2. The minimum atomic E-state index is 0.0800. The molecule has 1 saturated carbocycles. The van der Waals surface area contributed by atoms with Crippen LogP contribution in [0.2, 0.25) is 0 Å². The fourth-order valence-electron chi connectivity index (χ4n) is 2.57. The van der Waals surface area contributed by atoms with Crippen molar-refractivity contribution in [3.8, 4) is 0 Å². The second-order valence-electron chi connectivity index (χ2n) is 5.28. The maximum absolute atomic E-state index is 11.9. The molecule has 92 valence electrons. The molecule has 0 spiro atoms. The highest BCUT2D eigenvalue weighted by atomic mass is 16.5. The molecule has 2 rings (SSSR count). The maximum atomic E-state index is 11.9. The zero-order valence-corrected chi connectivity index (χ0v) is 10.1. The summed E-state index contributed by atoms with van der Waals surface area (Å²) in [5.41, 5.74) is 0.335. The molecule has 0 aromatic rings. The summed E-state index contributed by atoms with van der Waals surface area (Å²) in [6.45, 7) is 5.89. The SMILES string of the molecule is CC1(CNC(=O)N2CCOCC2)CCCC1. The van der Waals surface area contributed by atoms with Gasteiger partial charge in [-0.3, -0.25) is 0 Å². The molecule has 2 fully saturated rings. The van der Waals surface area contributed by atoms with Crippen LogP contribution < -0.4 is 5.32 Å². The number of nitrogens with zero attached hydrogens (tertiary/aromatic N) is 1. The zero-order valence-electron chi connectivity index (χ0n) is 10.1. The maximum Gasteiger partial charge on any atom is 0.317 e. The first-order valence-electron chi connectivity index (χ1n) is 6.30. The Morgan fingerprint density at radius 3 is 2.56 bits per heavy atom. The van der Waals surface area contributed by atoms with Crippen LogP contribution in [-0.2, 0) is 4.74 Å². The van der Waals surface area contributed by atoms with Gasteiger partial charge in [-0.15, -0.1) is 0 Å². The van der Waals surface area contributed by atoms with Crippen molar-refractivity contribution in [1.82, 2.24) is 10.2 Å². The minimum Gasteiger partial charge on any atom is -0.378 e. The number of ether oxygens (including phenoxy) is 1. The Hall–Kier alpha value is -0.770. The molecule has 0 unspecified atom stereocenters. The third-order valence-electron chi connectivity index (χ3n) is 3.78. The van der Waals surface area contributed by atoms with Gasteiger partial charge in [0, 0.05) is 19.6 Å². The molecule has 4 nitrogen and oxygen atoms in total. The summed E-state index contributed by atoms with van der Waals surface area (Å²) in [4.78, 5) is 13.7. The van der Waals surface area contributed by atoms with Gasteiger partial charge in [-0.1, -0.05) is 19.8 Å². The highest BCUT2D eigenvalue weighted by molar-refractivity contribution is 5.74. The summed E-state index contributed by atoms with van der Waals surface area (Å²) in [5.74, 6) is 0. The topological polar surface area (TPSA) is 41.6 Å². The van der Waals surface area contributed by atoms with Gasteiger partial charge in [-0.25, -0.2) is 4.79 Å². The fraction of sp³-hybridized carbons (Fsp3) is 0.917. The largest absolute Gasteiger partial charge is 0.378 e. The van der Waals surface area contributed by atoms with Crippen LogP contribution in [0.4, 0.5) is 4.79 Å². The van der Waals surface area contributed by atoms with E-state index in [9.17, 15) is 4.79 Å². The van der Waals surface area contributed by atoms with Gasteiger partial charge in [-0.05, 0) is 18.3 Å². The molecule has 1 aliphatic heterocycles. The van der Waals surface area contributed by atoms with E-state index in [2.05, 4.69) is 12.2 Å². The van der Waals surface area contributed by atoms with E-state index in [1.54, 1.807) is 0 Å². The van der Waals surface area contributed by atoms with Gasteiger partial charge < -0.3 is 15.0 Å². The van der Waals surface area contributed by atoms with Crippen LogP contribution in [0.1, 0.15) is 32.6 Å². The number of carbonyl (C=O) groups excluding carboxylic acids is 1. The van der Waals surface area contributed by atoms with Crippen molar-refractivity contribution < 1.29 is 9.53 Å². The normalized spacial score (nSPS) is 24.4. The van der Waals surface area contributed by atoms with Gasteiger partial charge in [0.15, 0.2) is 0 Å². The lowest BCUT2D eigenvalue weighted by molar-refractivity contribution is 0.0525. The predicted molar refractivity (Wildman–Crippen MR) is 62.4 cm³/mol. The standard InChI is InChI=1S/C12H22N2O2/c1-12(4-2-3-5-12)10-13-11(15)14-6-8-16-9-7-14/h2-10H2,1H3,(H,13,15). The Labute approximate surface area is 97.3 Å². The van der Waals surface area contributed by atoms with Crippen LogP contribution in [0.5, 0.6) is 0 Å². The summed E-state index contributed by atoms with van der Waals surface area (Å²) >= 11 is 0. The molecule has 0 aromatic carbocycles. The predicted octanol–water partition coefficient (Wildman–Crippen LogP) is 1.61. The van der Waals surface area contributed by atoms with Crippen molar-refractivity contribution in [3.05, 3.63) is 0 Å². The van der Waals surface area contributed by atoms with E-state index < -0.39 is 0 Å². The van der Waals surface area contributed by atoms with Crippen LogP contribution >= 0.6 is 0 Å². The lowest BCUT2D eigenvalue weighted by Crippen LogP contribution is -2.48. The molecule has 2 aliphatic rings. The van der Waals surface area contributed by atoms with E-state index in [1.807, 2.05) is 4.90 Å². The van der Waals surface area contributed by atoms with E-state index in [4.69, 9.17) is 4.74 Å². The first-order valence-corrected chi connectivity index (χ1v) is 6.30. The first-order chi connectivity index (χ1) is 7.70. The molecule has 0 atom stereocenters. The quantitative estimate of drug-likeness (QED) is 0.777. The van der Waals surface area contributed by atoms with Crippen molar-refractivity contribution in [2.75, 3.05) is 32.8 Å². The number of hydrogen-bond donors (Lipinski definition) is 1. The smallest absolute Gasteiger partial charge is 0.317 e. The number of carbonyl (C=O) groups is 1. The van der Waals surface area contributed by atoms with Gasteiger partial charge in [0.2, 0.25) is 0 Å². The molecule has 2 amide bonds. The Balaban J connectivity index is 1.74. The second kappa shape index (κ2) is 5.04. The first kappa shape index (κ1) is 11.7. The molecule has 0 bridgehead atoms. The van der Waals surface area contributed by atoms with E-state index in [1.165, 1.54) is 25.7 Å². The van der Waals surface area contributed by atoms with Gasteiger partial charge in [0.25, 0.3) is 0 Å². The number of urea groups is 1. The van der Waals surface area contributed by atoms with Crippen LogP contribution in [0.15, 0.2) is 0 Å². The second-order valence-corrected chi connectivity index (χ2v) is 5.28. The molecule has 16 heavy (non-hydrogen) atoms. The number of hydrogen-bond acceptors (Lipinski definition) is 2. The van der Waals surface area contributed by atoms with Crippen molar-refractivity contribution in [1.29, 1.82) is 0 Å². The van der Waals surface area contributed by atoms with E-state index in [0.29, 0.717) is 18.6 Å². The van der Waals surface area contributed by atoms with Crippen molar-refractivity contribution in [3.63, 3.8) is 0 Å². The molecule has 1 heterocycles. The van der Waals surface area contributed by atoms with Crippen LogP contribution in [0.25, 0.3) is 0 Å². The third kappa shape index (κ3) is 2.88. The van der Waals surface area contributed by atoms with Gasteiger partial charge in [-0.2, -0.15) is 0 Å². The molecule has 1 aliphatic carbocycles. The Bertz CT molecular complexity index is 243. The van der Waals surface area contributed by atoms with Crippen LogP contribution in [0.3, 0.4) is 0 Å². The summed E-state index contributed by atoms with van der Waals surface area (Å²) in [6, 6.07) is 0.0800. The van der Waals surface area contributed by atoms with E-state index in [0.717, 1.165) is 19.6 Å². The molecule has 0 aromatic heterocycles. The van der Waals surface area contributed by atoms with E-state index >= 15 is 0 Å². The molecule has 1 saturated heterocycles. The monoisotopic (exact) mass is 226 g/mol. The lowest BCUT2D eigenvalue weighted by atomic mass is 9.89. The molecule has 4 heteroatoms. The zero-order chi connectivity index (χ0) is 11.4. The summed E-state index contributed by atoms with van der Waals surface area (Å²) in [5, 5.41) is 3.07. The van der Waals surface area contributed by atoms with E-state index in [-0.39, 0.29) is 6.03 Å². The lowest BCUT2D eigenvalue weighted by Gasteiger charge is -2.30. The van der Waals surface area contributed by atoms with Gasteiger partial charge in [0.1, 0.15) is 0 Å². The number of rotatable bonds is 2. The van der Waals surface area contributed by atoms with Crippen LogP contribution in [0, 0.1) is 5.41 Å². The van der Waals surface area contributed by atoms with Gasteiger partial charge in [0.05, 0.1) is 13.2 Å².